The number of amides is 2. The number of nitrogens with one attached hydrogen (secondary N) is 1. The normalized spacial score (nSPS) is 18.6. The van der Waals surface area contributed by atoms with E-state index in [0.29, 0.717) is 37.5 Å². The Bertz CT molecular complexity index is 837. The van der Waals surface area contributed by atoms with Crippen molar-refractivity contribution in [2.75, 3.05) is 19.6 Å². The lowest BCUT2D eigenvalue weighted by Gasteiger charge is -2.20. The molecule has 0 aromatic carbocycles. The fourth-order valence-corrected chi connectivity index (χ4v) is 3.36. The van der Waals surface area contributed by atoms with Gasteiger partial charge in [-0.25, -0.2) is 4.98 Å². The molecule has 0 spiro atoms. The average Bonchev–Trinajstić information content (AvgIpc) is 3.37. The molecule has 0 radical (unpaired) electrons. The lowest BCUT2D eigenvalue weighted by atomic mass is 10.1. The standard InChI is InChI=1S/C17H21N5O2/c1-10-15-12(17(24)22-7-5-14(23)18-6-8-22)9-13(11-3-4-11)19-16(15)21(2)20-10/h9,11H,3-8H2,1-2H3,(H,18,23). The highest BCUT2D eigenvalue weighted by Crippen LogP contribution is 2.40. The SMILES string of the molecule is Cc1nn(C)c2nc(C3CC3)cc(C(=O)N3CCNC(=O)CC3)c12. The Labute approximate surface area is 140 Å². The van der Waals surface area contributed by atoms with Gasteiger partial charge in [-0.15, -0.1) is 0 Å². The highest BCUT2D eigenvalue weighted by molar-refractivity contribution is 6.06. The highest BCUT2D eigenvalue weighted by atomic mass is 16.2. The number of hydrogen-bond acceptors (Lipinski definition) is 4. The van der Waals surface area contributed by atoms with Gasteiger partial charge in [-0.05, 0) is 25.8 Å². The summed E-state index contributed by atoms with van der Waals surface area (Å²) in [6, 6.07) is 1.94. The van der Waals surface area contributed by atoms with E-state index in [9.17, 15) is 9.59 Å². The maximum atomic E-state index is 13.2. The van der Waals surface area contributed by atoms with Gasteiger partial charge in [-0.2, -0.15) is 5.10 Å². The van der Waals surface area contributed by atoms with E-state index in [1.54, 1.807) is 9.58 Å². The lowest BCUT2D eigenvalue weighted by Crippen LogP contribution is -2.34. The van der Waals surface area contributed by atoms with Crippen LogP contribution in [0.25, 0.3) is 11.0 Å². The summed E-state index contributed by atoms with van der Waals surface area (Å²) in [5.74, 6) is 0.432. The molecule has 126 valence electrons. The Balaban J connectivity index is 1.79. The maximum absolute atomic E-state index is 13.2. The number of aryl methyl sites for hydroxylation is 2. The van der Waals surface area contributed by atoms with Crippen LogP contribution in [0.5, 0.6) is 0 Å². The second-order valence-corrected chi connectivity index (χ2v) is 6.67. The molecule has 1 aliphatic heterocycles. The zero-order valence-corrected chi connectivity index (χ0v) is 14.0. The van der Waals surface area contributed by atoms with Crippen LogP contribution in [0.15, 0.2) is 6.07 Å². The third-order valence-corrected chi connectivity index (χ3v) is 4.81. The Hall–Kier alpha value is -2.44. The number of rotatable bonds is 2. The van der Waals surface area contributed by atoms with Gasteiger partial charge in [0.15, 0.2) is 5.65 Å². The van der Waals surface area contributed by atoms with Gasteiger partial charge in [-0.1, -0.05) is 0 Å². The number of carbonyl (C=O) groups is 2. The van der Waals surface area contributed by atoms with Crippen molar-refractivity contribution < 1.29 is 9.59 Å². The van der Waals surface area contributed by atoms with Crippen LogP contribution in [0.3, 0.4) is 0 Å². The number of fused-ring (bicyclic) bond motifs is 1. The van der Waals surface area contributed by atoms with Crippen molar-refractivity contribution >= 4 is 22.8 Å². The summed E-state index contributed by atoms with van der Waals surface area (Å²) in [6.45, 7) is 3.39. The van der Waals surface area contributed by atoms with Crippen LogP contribution >= 0.6 is 0 Å². The molecule has 0 unspecified atom stereocenters. The molecule has 1 saturated carbocycles. The highest BCUT2D eigenvalue weighted by Gasteiger charge is 2.30. The molecule has 0 atom stereocenters. The van der Waals surface area contributed by atoms with Gasteiger partial charge >= 0.3 is 0 Å². The molecule has 7 heteroatoms. The molecule has 1 saturated heterocycles. The Morgan fingerprint density at radius 1 is 1.33 bits per heavy atom. The molecular formula is C17H21N5O2. The Morgan fingerprint density at radius 3 is 2.88 bits per heavy atom. The molecule has 2 aromatic heterocycles. The Morgan fingerprint density at radius 2 is 2.12 bits per heavy atom. The van der Waals surface area contributed by atoms with Crippen LogP contribution in [0.2, 0.25) is 0 Å². The van der Waals surface area contributed by atoms with Gasteiger partial charge in [-0.3, -0.25) is 14.3 Å². The van der Waals surface area contributed by atoms with Crippen molar-refractivity contribution in [3.8, 4) is 0 Å². The van der Waals surface area contributed by atoms with Gasteiger partial charge < -0.3 is 10.2 Å². The largest absolute Gasteiger partial charge is 0.354 e. The first-order chi connectivity index (χ1) is 11.5. The lowest BCUT2D eigenvalue weighted by molar-refractivity contribution is -0.120. The first-order valence-electron chi connectivity index (χ1n) is 8.45. The minimum absolute atomic E-state index is 0.00130. The summed E-state index contributed by atoms with van der Waals surface area (Å²) < 4.78 is 1.75. The molecule has 1 N–H and O–H groups in total. The summed E-state index contributed by atoms with van der Waals surface area (Å²) in [4.78, 5) is 31.2. The van der Waals surface area contributed by atoms with Crippen LogP contribution in [-0.4, -0.2) is 51.1 Å². The maximum Gasteiger partial charge on any atom is 0.254 e. The quantitative estimate of drug-likeness (QED) is 0.896. The summed E-state index contributed by atoms with van der Waals surface area (Å²) in [6.07, 6.45) is 2.61. The number of nitrogens with zero attached hydrogens (tertiary/aromatic N) is 4. The van der Waals surface area contributed by atoms with Crippen molar-refractivity contribution in [1.82, 2.24) is 25.0 Å². The number of carbonyl (C=O) groups excluding carboxylic acids is 2. The van der Waals surface area contributed by atoms with E-state index in [0.717, 1.165) is 35.3 Å². The first-order valence-corrected chi connectivity index (χ1v) is 8.45. The molecule has 24 heavy (non-hydrogen) atoms. The van der Waals surface area contributed by atoms with Gasteiger partial charge in [0.1, 0.15) is 0 Å². The van der Waals surface area contributed by atoms with E-state index in [1.807, 2.05) is 20.0 Å². The number of hydrogen-bond donors (Lipinski definition) is 1. The number of pyridine rings is 1. The van der Waals surface area contributed by atoms with E-state index in [4.69, 9.17) is 4.98 Å². The van der Waals surface area contributed by atoms with Crippen LogP contribution in [0, 0.1) is 6.92 Å². The van der Waals surface area contributed by atoms with E-state index < -0.39 is 0 Å². The van der Waals surface area contributed by atoms with Crippen molar-refractivity contribution in [3.63, 3.8) is 0 Å². The molecule has 3 heterocycles. The molecule has 2 aromatic rings. The van der Waals surface area contributed by atoms with Crippen LogP contribution in [0.4, 0.5) is 0 Å². The minimum atomic E-state index is -0.0306. The summed E-state index contributed by atoms with van der Waals surface area (Å²) in [5, 5.41) is 8.09. The fourth-order valence-electron chi connectivity index (χ4n) is 3.36. The van der Waals surface area contributed by atoms with Gasteiger partial charge in [0.25, 0.3) is 5.91 Å². The minimum Gasteiger partial charge on any atom is -0.354 e. The third-order valence-electron chi connectivity index (χ3n) is 4.81. The third kappa shape index (κ3) is 2.53. The molecule has 4 rings (SSSR count). The molecule has 2 amide bonds. The smallest absolute Gasteiger partial charge is 0.254 e. The predicted molar refractivity (Wildman–Crippen MR) is 88.8 cm³/mol. The second kappa shape index (κ2) is 5.58. The number of aromatic nitrogens is 3. The second-order valence-electron chi connectivity index (χ2n) is 6.67. The molecule has 0 bridgehead atoms. The van der Waals surface area contributed by atoms with E-state index in [1.165, 1.54) is 0 Å². The fraction of sp³-hybridized carbons (Fsp3) is 0.529. The predicted octanol–water partition coefficient (Wildman–Crippen LogP) is 1.12. The van der Waals surface area contributed by atoms with Crippen molar-refractivity contribution in [1.29, 1.82) is 0 Å². The van der Waals surface area contributed by atoms with E-state index in [-0.39, 0.29) is 11.8 Å². The zero-order valence-electron chi connectivity index (χ0n) is 14.0. The summed E-state index contributed by atoms with van der Waals surface area (Å²) >= 11 is 0. The molecular weight excluding hydrogens is 306 g/mol. The van der Waals surface area contributed by atoms with Crippen LogP contribution < -0.4 is 5.32 Å². The van der Waals surface area contributed by atoms with Gasteiger partial charge in [0.05, 0.1) is 16.6 Å². The summed E-state index contributed by atoms with van der Waals surface area (Å²) in [5.41, 5.74) is 3.23. The van der Waals surface area contributed by atoms with E-state index >= 15 is 0 Å². The first kappa shape index (κ1) is 15.1. The topological polar surface area (TPSA) is 80.1 Å². The zero-order chi connectivity index (χ0) is 16.8. The van der Waals surface area contributed by atoms with E-state index in [2.05, 4.69) is 10.4 Å². The van der Waals surface area contributed by atoms with Crippen LogP contribution in [-0.2, 0) is 11.8 Å². The monoisotopic (exact) mass is 327 g/mol. The molecule has 1 aliphatic carbocycles. The van der Waals surface area contributed by atoms with Gasteiger partial charge in [0, 0.05) is 44.7 Å². The molecule has 2 aliphatic rings. The molecule has 7 nitrogen and oxygen atoms in total. The van der Waals surface area contributed by atoms with Crippen molar-refractivity contribution in [3.05, 3.63) is 23.0 Å². The average molecular weight is 327 g/mol. The molecule has 2 fully saturated rings. The van der Waals surface area contributed by atoms with Crippen molar-refractivity contribution in [2.24, 2.45) is 7.05 Å². The van der Waals surface area contributed by atoms with Crippen molar-refractivity contribution in [2.45, 2.75) is 32.1 Å². The van der Waals surface area contributed by atoms with Gasteiger partial charge in [0.2, 0.25) is 5.91 Å². The van der Waals surface area contributed by atoms with Crippen LogP contribution in [0.1, 0.15) is 46.9 Å². The summed E-state index contributed by atoms with van der Waals surface area (Å²) in [7, 11) is 1.86. The Kier molecular flexibility index (Phi) is 3.51.